The van der Waals surface area contributed by atoms with Crippen LogP contribution in [0.25, 0.3) is 0 Å². The molecule has 2 heteroatoms. The van der Waals surface area contributed by atoms with Gasteiger partial charge in [0.2, 0.25) is 0 Å². The molecule has 4 rings (SSSR count). The molecule has 0 bridgehead atoms. The zero-order chi connectivity index (χ0) is 18.2. The fraction of sp³-hybridized carbons (Fsp3) is 0.875. The summed E-state index contributed by atoms with van der Waals surface area (Å²) in [6.07, 6.45) is 18.9. The average molecular weight is 357 g/mol. The molecule has 5 unspecified atom stereocenters. The van der Waals surface area contributed by atoms with Crippen molar-refractivity contribution in [2.75, 3.05) is 13.1 Å². The van der Waals surface area contributed by atoms with Gasteiger partial charge in [-0.25, -0.2) is 0 Å². The van der Waals surface area contributed by atoms with E-state index >= 15 is 0 Å². The number of hydrogen-bond acceptors (Lipinski definition) is 2. The van der Waals surface area contributed by atoms with Crippen LogP contribution in [0.3, 0.4) is 0 Å². The van der Waals surface area contributed by atoms with E-state index in [1.54, 1.807) is 5.57 Å². The lowest BCUT2D eigenvalue weighted by molar-refractivity contribution is -0.0335. The van der Waals surface area contributed by atoms with Gasteiger partial charge in [-0.3, -0.25) is 4.99 Å². The van der Waals surface area contributed by atoms with E-state index in [-0.39, 0.29) is 0 Å². The summed E-state index contributed by atoms with van der Waals surface area (Å²) in [5.41, 5.74) is 9.90. The lowest BCUT2D eigenvalue weighted by atomic mass is 9.47. The minimum absolute atomic E-state index is 0.478. The first-order chi connectivity index (χ1) is 12.6. The van der Waals surface area contributed by atoms with Gasteiger partial charge in [-0.05, 0) is 105 Å². The van der Waals surface area contributed by atoms with E-state index in [4.69, 9.17) is 10.7 Å². The summed E-state index contributed by atoms with van der Waals surface area (Å²) in [6.45, 7) is 7.06. The van der Waals surface area contributed by atoms with Crippen LogP contribution in [0.15, 0.2) is 16.6 Å². The van der Waals surface area contributed by atoms with Crippen LogP contribution in [0.1, 0.15) is 90.9 Å². The highest BCUT2D eigenvalue weighted by Gasteiger charge is 2.55. The number of nitrogens with zero attached hydrogens (tertiary/aromatic N) is 1. The molecule has 146 valence electrons. The lowest BCUT2D eigenvalue weighted by Crippen LogP contribution is -2.49. The molecule has 0 aromatic rings. The van der Waals surface area contributed by atoms with Crippen molar-refractivity contribution >= 4 is 5.71 Å². The largest absolute Gasteiger partial charge is 0.330 e. The fourth-order valence-electron chi connectivity index (χ4n) is 7.34. The summed E-state index contributed by atoms with van der Waals surface area (Å²) in [5.74, 6) is 2.98. The molecule has 4 aliphatic rings. The molecule has 2 N–H and O–H groups in total. The Hall–Kier alpha value is -0.630. The second kappa shape index (κ2) is 7.41. The van der Waals surface area contributed by atoms with Crippen molar-refractivity contribution in [3.05, 3.63) is 11.6 Å². The predicted octanol–water partition coefficient (Wildman–Crippen LogP) is 5.91. The molecular formula is C24H40N2. The molecule has 0 heterocycles. The van der Waals surface area contributed by atoms with Crippen LogP contribution in [0.5, 0.6) is 0 Å². The van der Waals surface area contributed by atoms with Gasteiger partial charge in [0.05, 0.1) is 0 Å². The topological polar surface area (TPSA) is 38.4 Å². The molecule has 4 aliphatic carbocycles. The monoisotopic (exact) mass is 356 g/mol. The molecule has 5 atom stereocenters. The summed E-state index contributed by atoms with van der Waals surface area (Å²) >= 11 is 0. The van der Waals surface area contributed by atoms with Gasteiger partial charge in [0.25, 0.3) is 0 Å². The highest BCUT2D eigenvalue weighted by atomic mass is 14.7. The first-order valence-electron chi connectivity index (χ1n) is 11.5. The lowest BCUT2D eigenvalue weighted by Gasteiger charge is -2.57. The Morgan fingerprint density at radius 2 is 1.88 bits per heavy atom. The van der Waals surface area contributed by atoms with Crippen molar-refractivity contribution in [1.82, 2.24) is 0 Å². The number of aliphatic imine (C=N–C) groups is 1. The maximum absolute atomic E-state index is 5.59. The third-order valence-electron chi connectivity index (χ3n) is 8.94. The van der Waals surface area contributed by atoms with Crippen molar-refractivity contribution in [2.24, 2.45) is 39.3 Å². The summed E-state index contributed by atoms with van der Waals surface area (Å²) < 4.78 is 0. The normalized spacial score (nSPS) is 43.6. The molecule has 0 aromatic carbocycles. The standard InChI is InChI=1S/C24H40N2/c1-23-12-6-7-21(23)20-9-8-18-17-19(26-16-5-3-4-15-25)10-14-24(18,2)22(20)11-13-23/h17,20-22H,3-16,25H2,1-2H3. The Morgan fingerprint density at radius 1 is 1.00 bits per heavy atom. The molecule has 3 saturated carbocycles. The summed E-state index contributed by atoms with van der Waals surface area (Å²) in [7, 11) is 0. The van der Waals surface area contributed by atoms with Crippen LogP contribution in [-0.2, 0) is 0 Å². The Bertz CT molecular complexity index is 577. The number of rotatable bonds is 5. The first kappa shape index (κ1) is 18.7. The zero-order valence-corrected chi connectivity index (χ0v) is 17.2. The second-order valence-corrected chi connectivity index (χ2v) is 10.3. The van der Waals surface area contributed by atoms with E-state index in [0.29, 0.717) is 10.8 Å². The van der Waals surface area contributed by atoms with Crippen LogP contribution >= 0.6 is 0 Å². The van der Waals surface area contributed by atoms with Gasteiger partial charge < -0.3 is 5.73 Å². The zero-order valence-electron chi connectivity index (χ0n) is 17.2. The highest BCUT2D eigenvalue weighted by molar-refractivity contribution is 5.96. The van der Waals surface area contributed by atoms with Crippen LogP contribution in [0, 0.1) is 28.6 Å². The Balaban J connectivity index is 1.46. The van der Waals surface area contributed by atoms with Crippen molar-refractivity contribution in [2.45, 2.75) is 90.9 Å². The molecule has 0 aromatic heterocycles. The van der Waals surface area contributed by atoms with E-state index in [1.165, 1.54) is 76.3 Å². The Labute approximate surface area is 161 Å². The quantitative estimate of drug-likeness (QED) is 0.611. The molecule has 0 radical (unpaired) electrons. The van der Waals surface area contributed by atoms with Crippen LogP contribution in [0.2, 0.25) is 0 Å². The predicted molar refractivity (Wildman–Crippen MR) is 112 cm³/mol. The van der Waals surface area contributed by atoms with Crippen molar-refractivity contribution in [1.29, 1.82) is 0 Å². The SMILES string of the molecule is CC12CCCC1C1CCC3=CC(=NCCCCCN)CCC3(C)C1CC2. The van der Waals surface area contributed by atoms with Crippen LogP contribution < -0.4 is 5.73 Å². The van der Waals surface area contributed by atoms with Gasteiger partial charge in [0.15, 0.2) is 0 Å². The van der Waals surface area contributed by atoms with Crippen molar-refractivity contribution < 1.29 is 0 Å². The van der Waals surface area contributed by atoms with Crippen LogP contribution in [0.4, 0.5) is 0 Å². The van der Waals surface area contributed by atoms with E-state index < -0.39 is 0 Å². The number of nitrogens with two attached hydrogens (primary N) is 1. The van der Waals surface area contributed by atoms with Gasteiger partial charge in [-0.1, -0.05) is 32.3 Å². The first-order valence-corrected chi connectivity index (χ1v) is 11.5. The van der Waals surface area contributed by atoms with E-state index in [2.05, 4.69) is 19.9 Å². The van der Waals surface area contributed by atoms with Crippen molar-refractivity contribution in [3.8, 4) is 0 Å². The molecule has 0 amide bonds. The second-order valence-electron chi connectivity index (χ2n) is 10.3. The van der Waals surface area contributed by atoms with Gasteiger partial charge in [-0.15, -0.1) is 0 Å². The summed E-state index contributed by atoms with van der Waals surface area (Å²) in [6, 6.07) is 0. The molecule has 2 nitrogen and oxygen atoms in total. The number of fused-ring (bicyclic) bond motifs is 5. The average Bonchev–Trinajstić information content (AvgIpc) is 3.03. The van der Waals surface area contributed by atoms with Crippen molar-refractivity contribution in [3.63, 3.8) is 0 Å². The minimum atomic E-state index is 0.478. The Kier molecular flexibility index (Phi) is 5.34. The molecule has 0 spiro atoms. The van der Waals surface area contributed by atoms with E-state index in [9.17, 15) is 0 Å². The Morgan fingerprint density at radius 3 is 2.73 bits per heavy atom. The number of hydrogen-bond donors (Lipinski definition) is 1. The number of allylic oxidation sites excluding steroid dienone is 2. The molecule has 3 fully saturated rings. The van der Waals surface area contributed by atoms with Gasteiger partial charge in [0, 0.05) is 12.3 Å². The van der Waals surface area contributed by atoms with Gasteiger partial charge >= 0.3 is 0 Å². The van der Waals surface area contributed by atoms with Crippen LogP contribution in [-0.4, -0.2) is 18.8 Å². The minimum Gasteiger partial charge on any atom is -0.330 e. The maximum Gasteiger partial charge on any atom is 0.0392 e. The third kappa shape index (κ3) is 3.21. The maximum atomic E-state index is 5.59. The molecule has 0 saturated heterocycles. The van der Waals surface area contributed by atoms with E-state index in [0.717, 1.165) is 37.3 Å². The highest BCUT2D eigenvalue weighted by Crippen LogP contribution is 2.65. The van der Waals surface area contributed by atoms with Gasteiger partial charge in [0.1, 0.15) is 0 Å². The van der Waals surface area contributed by atoms with Gasteiger partial charge in [-0.2, -0.15) is 0 Å². The molecule has 0 aliphatic heterocycles. The number of unbranched alkanes of at least 4 members (excludes halogenated alkanes) is 2. The summed E-state index contributed by atoms with van der Waals surface area (Å²) in [5, 5.41) is 0. The summed E-state index contributed by atoms with van der Waals surface area (Å²) in [4.78, 5) is 4.94. The van der Waals surface area contributed by atoms with E-state index in [1.807, 2.05) is 0 Å². The molecule has 26 heavy (non-hydrogen) atoms. The third-order valence-corrected chi connectivity index (χ3v) is 8.94. The fourth-order valence-corrected chi connectivity index (χ4v) is 7.34. The molecular weight excluding hydrogens is 316 g/mol. The smallest absolute Gasteiger partial charge is 0.0392 e.